The zero-order valence-electron chi connectivity index (χ0n) is 38.0. The molecule has 0 bridgehead atoms. The maximum absolute atomic E-state index is 14.4. The number of methoxy groups -OCH3 is 3. The zero-order valence-corrected chi connectivity index (χ0v) is 38.8. The summed E-state index contributed by atoms with van der Waals surface area (Å²) in [6.07, 6.45) is 2.81. The number of alkyl carbamates (subject to hydrolysis) is 2. The monoisotopic (exact) mass is 909 g/mol. The van der Waals surface area contributed by atoms with E-state index in [0.717, 1.165) is 72.9 Å². The molecule has 9 rings (SSSR count). The van der Waals surface area contributed by atoms with Crippen LogP contribution in [-0.4, -0.2) is 114 Å². The second-order valence-electron chi connectivity index (χ2n) is 17.8. The maximum atomic E-state index is 14.4. The SMILES string of the molecule is COC[C@H]1C[C@@H](C2=Nc3ccc4cc(-c5ccc6c(ccc7[nH]c([C@@H]8C[C@H](SC)CN8C(=O)[C@@H](NC(=O)OC)C(C)C)nc76)c5)ccc4c3C2)N(C(=O)[C@H](NC(=O)OC)c2ccccc2)C1. The Labute approximate surface area is 387 Å². The maximum Gasteiger partial charge on any atom is 0.407 e. The van der Waals surface area contributed by atoms with Crippen LogP contribution in [0.25, 0.3) is 43.7 Å². The fourth-order valence-corrected chi connectivity index (χ4v) is 10.7. The minimum Gasteiger partial charge on any atom is -0.453 e. The first-order valence-electron chi connectivity index (χ1n) is 22.4. The van der Waals surface area contributed by atoms with Crippen LogP contribution in [0.1, 0.15) is 55.7 Å². The van der Waals surface area contributed by atoms with Crippen molar-refractivity contribution in [2.75, 3.05) is 47.3 Å². The van der Waals surface area contributed by atoms with E-state index in [0.29, 0.717) is 38.1 Å². The number of benzene rings is 5. The van der Waals surface area contributed by atoms with Gasteiger partial charge in [0, 0.05) is 48.9 Å². The molecule has 0 radical (unpaired) electrons. The van der Waals surface area contributed by atoms with E-state index in [2.05, 4.69) is 82.5 Å². The highest BCUT2D eigenvalue weighted by Gasteiger charge is 2.43. The lowest BCUT2D eigenvalue weighted by Gasteiger charge is -2.30. The van der Waals surface area contributed by atoms with Crippen LogP contribution >= 0.6 is 11.8 Å². The van der Waals surface area contributed by atoms with Crippen LogP contribution in [0.4, 0.5) is 15.3 Å². The number of nitrogens with zero attached hydrogens (tertiary/aromatic N) is 4. The van der Waals surface area contributed by atoms with Gasteiger partial charge in [-0.3, -0.25) is 14.6 Å². The number of aliphatic imine (C=N–C) groups is 1. The van der Waals surface area contributed by atoms with Gasteiger partial charge >= 0.3 is 12.2 Å². The molecule has 1 aromatic heterocycles. The van der Waals surface area contributed by atoms with Gasteiger partial charge in [0.1, 0.15) is 17.9 Å². The predicted octanol–water partition coefficient (Wildman–Crippen LogP) is 8.51. The number of carbonyl (C=O) groups excluding carboxylic acids is 4. The van der Waals surface area contributed by atoms with Crippen molar-refractivity contribution >= 4 is 79.7 Å². The number of amides is 4. The Morgan fingerprint density at radius 2 is 1.47 bits per heavy atom. The Balaban J connectivity index is 0.963. The molecule has 3 N–H and O–H groups in total. The van der Waals surface area contributed by atoms with E-state index < -0.39 is 24.3 Å². The summed E-state index contributed by atoms with van der Waals surface area (Å²) in [4.78, 5) is 70.7. The first kappa shape index (κ1) is 44.7. The molecular formula is C51H55N7O7S. The molecular weight excluding hydrogens is 855 g/mol. The van der Waals surface area contributed by atoms with Crippen molar-refractivity contribution in [3.63, 3.8) is 0 Å². The van der Waals surface area contributed by atoms with Gasteiger partial charge in [-0.25, -0.2) is 14.6 Å². The van der Waals surface area contributed by atoms with Gasteiger partial charge in [-0.15, -0.1) is 0 Å². The molecule has 6 atom stereocenters. The van der Waals surface area contributed by atoms with Crippen molar-refractivity contribution in [1.29, 1.82) is 0 Å². The number of carbonyl (C=O) groups is 4. The van der Waals surface area contributed by atoms with Crippen LogP contribution in [-0.2, 0) is 30.2 Å². The van der Waals surface area contributed by atoms with Crippen molar-refractivity contribution in [2.24, 2.45) is 16.8 Å². The molecule has 2 fully saturated rings. The van der Waals surface area contributed by atoms with Crippen molar-refractivity contribution in [1.82, 2.24) is 30.4 Å². The fourth-order valence-electron chi connectivity index (χ4n) is 10.0. The molecule has 3 aliphatic rings. The van der Waals surface area contributed by atoms with Crippen molar-refractivity contribution in [2.45, 2.75) is 62.5 Å². The number of hydrogen-bond donors (Lipinski definition) is 3. The lowest BCUT2D eigenvalue weighted by molar-refractivity contribution is -0.135. The summed E-state index contributed by atoms with van der Waals surface area (Å²) in [5.41, 5.74) is 7.52. The minimum absolute atomic E-state index is 0.110. The first-order valence-corrected chi connectivity index (χ1v) is 23.7. The van der Waals surface area contributed by atoms with Crippen molar-refractivity contribution in [3.05, 3.63) is 108 Å². The number of nitrogens with one attached hydrogen (secondary N) is 3. The third kappa shape index (κ3) is 8.57. The van der Waals surface area contributed by atoms with Crippen LogP contribution < -0.4 is 10.6 Å². The molecule has 2 saturated heterocycles. The molecule has 342 valence electrons. The summed E-state index contributed by atoms with van der Waals surface area (Å²) in [5, 5.41) is 10.0. The fraction of sp³-hybridized carbons (Fsp3) is 0.373. The summed E-state index contributed by atoms with van der Waals surface area (Å²) in [6.45, 7) is 5.38. The van der Waals surface area contributed by atoms with E-state index >= 15 is 0 Å². The van der Waals surface area contributed by atoms with Gasteiger partial charge in [0.2, 0.25) is 11.8 Å². The molecule has 3 aliphatic heterocycles. The average molecular weight is 910 g/mol. The number of imidazole rings is 1. The Hall–Kier alpha value is -6.45. The average Bonchev–Trinajstić information content (AvgIpc) is 4.16. The van der Waals surface area contributed by atoms with Gasteiger partial charge in [0.15, 0.2) is 0 Å². The van der Waals surface area contributed by atoms with Crippen LogP contribution in [0.5, 0.6) is 0 Å². The highest BCUT2D eigenvalue weighted by atomic mass is 32.2. The Morgan fingerprint density at radius 1 is 0.788 bits per heavy atom. The number of aromatic nitrogens is 2. The van der Waals surface area contributed by atoms with E-state index in [1.54, 1.807) is 18.9 Å². The highest BCUT2D eigenvalue weighted by molar-refractivity contribution is 7.99. The standard InChI is InChI=1S/C51H55N7O7S/c1-28(2)44(55-50(61)64-4)48(59)58-26-35(66-6)23-43(58)47-53-40-19-15-34-22-32(13-17-37(34)46(40)54-47)31-12-16-36-33(21-31)14-18-39-38(36)24-41(52-39)42-20-29(27-63-3)25-57(42)49(60)45(56-51(62)65-5)30-10-8-7-9-11-30/h7-19,21-22,28-29,35,42-45H,20,23-27H2,1-6H3,(H,53,54)(H,55,61)(H,56,62)/t29-,35-,42-,43-,44-,45+/m0/s1. The van der Waals surface area contributed by atoms with E-state index in [4.69, 9.17) is 24.2 Å². The normalized spacial score (nSPS) is 20.1. The number of aromatic amines is 1. The molecule has 0 aliphatic carbocycles. The summed E-state index contributed by atoms with van der Waals surface area (Å²) in [5.74, 6) is 0.349. The van der Waals surface area contributed by atoms with Gasteiger partial charge in [0.25, 0.3) is 0 Å². The summed E-state index contributed by atoms with van der Waals surface area (Å²) in [7, 11) is 4.27. The number of H-pyrrole nitrogens is 1. The highest BCUT2D eigenvalue weighted by Crippen LogP contribution is 2.41. The van der Waals surface area contributed by atoms with Crippen LogP contribution in [0.2, 0.25) is 0 Å². The van der Waals surface area contributed by atoms with Gasteiger partial charge in [-0.1, -0.05) is 80.6 Å². The second kappa shape index (κ2) is 18.8. The molecule has 0 unspecified atom stereocenters. The molecule has 4 heterocycles. The molecule has 6 aromatic rings. The molecule has 5 aromatic carbocycles. The van der Waals surface area contributed by atoms with Crippen LogP contribution in [0.3, 0.4) is 0 Å². The second-order valence-corrected chi connectivity index (χ2v) is 18.9. The largest absolute Gasteiger partial charge is 0.453 e. The lowest BCUT2D eigenvalue weighted by atomic mass is 9.94. The Bertz CT molecular complexity index is 2870. The molecule has 0 spiro atoms. The molecule has 15 heteroatoms. The first-order chi connectivity index (χ1) is 32.0. The smallest absolute Gasteiger partial charge is 0.407 e. The zero-order chi connectivity index (χ0) is 46.2. The summed E-state index contributed by atoms with van der Waals surface area (Å²) < 4.78 is 15.3. The van der Waals surface area contributed by atoms with Crippen molar-refractivity contribution in [3.8, 4) is 11.1 Å². The minimum atomic E-state index is -0.918. The molecule has 14 nitrogen and oxygen atoms in total. The predicted molar refractivity (Wildman–Crippen MR) is 258 cm³/mol. The molecule has 4 amide bonds. The van der Waals surface area contributed by atoms with Gasteiger partial charge < -0.3 is 39.6 Å². The van der Waals surface area contributed by atoms with Crippen LogP contribution in [0, 0.1) is 11.8 Å². The number of rotatable bonds is 12. The number of hydrogen-bond acceptors (Lipinski definition) is 10. The van der Waals surface area contributed by atoms with E-state index in [-0.39, 0.29) is 41.0 Å². The Morgan fingerprint density at radius 3 is 2.17 bits per heavy atom. The number of ether oxygens (including phenoxy) is 3. The number of likely N-dealkylation sites (tertiary alicyclic amines) is 2. The third-order valence-corrected chi connectivity index (χ3v) is 14.4. The molecule has 0 saturated carbocycles. The quantitative estimate of drug-likeness (QED) is 0.109. The van der Waals surface area contributed by atoms with E-state index in [1.165, 1.54) is 14.2 Å². The van der Waals surface area contributed by atoms with Gasteiger partial charge in [-0.05, 0) is 87.7 Å². The Kier molecular flexibility index (Phi) is 12.7. The summed E-state index contributed by atoms with van der Waals surface area (Å²) in [6, 6.07) is 28.4. The molecule has 66 heavy (non-hydrogen) atoms. The third-order valence-electron chi connectivity index (χ3n) is 13.4. The summed E-state index contributed by atoms with van der Waals surface area (Å²) >= 11 is 1.73. The number of thioether (sulfide) groups is 1. The number of fused-ring (bicyclic) bond motifs is 6. The van der Waals surface area contributed by atoms with Crippen LogP contribution in [0.15, 0.2) is 96.0 Å². The lowest BCUT2D eigenvalue weighted by Crippen LogP contribution is -2.51. The topological polar surface area (TPSA) is 168 Å². The van der Waals surface area contributed by atoms with Gasteiger partial charge in [-0.2, -0.15) is 11.8 Å². The van der Waals surface area contributed by atoms with E-state index in [9.17, 15) is 19.2 Å². The van der Waals surface area contributed by atoms with Gasteiger partial charge in [0.05, 0.1) is 49.6 Å². The van der Waals surface area contributed by atoms with E-state index in [1.807, 2.05) is 54.0 Å². The van der Waals surface area contributed by atoms with Crippen molar-refractivity contribution < 1.29 is 33.4 Å².